The second kappa shape index (κ2) is 9.56. The molecule has 2 aromatic carbocycles. The summed E-state index contributed by atoms with van der Waals surface area (Å²) in [5, 5.41) is 3.25. The molecule has 1 saturated heterocycles. The smallest absolute Gasteiger partial charge is 0.243 e. The van der Waals surface area contributed by atoms with Gasteiger partial charge in [-0.25, -0.2) is 8.42 Å². The van der Waals surface area contributed by atoms with Crippen molar-refractivity contribution >= 4 is 44.8 Å². The normalized spacial score (nSPS) is 19.1. The maximum absolute atomic E-state index is 13.3. The van der Waals surface area contributed by atoms with Crippen molar-refractivity contribution in [1.82, 2.24) is 4.31 Å². The Bertz CT molecular complexity index is 1230. The number of methoxy groups -OCH3 is 1. The summed E-state index contributed by atoms with van der Waals surface area (Å²) in [5.74, 6) is 0.0127. The van der Waals surface area contributed by atoms with Crippen LogP contribution in [0.3, 0.4) is 0 Å². The number of hydrogen-bond donors (Lipinski definition) is 1. The quantitative estimate of drug-likeness (QED) is 0.668. The van der Waals surface area contributed by atoms with E-state index in [1.807, 2.05) is 6.92 Å². The molecule has 2 aromatic rings. The number of ether oxygens (including phenoxy) is 1. The third-order valence-electron chi connectivity index (χ3n) is 6.49. The second-order valence-electron chi connectivity index (χ2n) is 8.75. The lowest BCUT2D eigenvalue weighted by atomic mass is 9.97. The number of fused-ring (bicyclic) bond motifs is 1. The van der Waals surface area contributed by atoms with E-state index >= 15 is 0 Å². The molecule has 2 aliphatic rings. The highest BCUT2D eigenvalue weighted by atomic mass is 35.5. The van der Waals surface area contributed by atoms with Crippen molar-refractivity contribution in [1.29, 1.82) is 0 Å². The van der Waals surface area contributed by atoms with Gasteiger partial charge in [0, 0.05) is 43.3 Å². The minimum Gasteiger partial charge on any atom is -0.495 e. The zero-order valence-electron chi connectivity index (χ0n) is 19.4. The first-order chi connectivity index (χ1) is 16.1. The molecule has 182 valence electrons. The van der Waals surface area contributed by atoms with Crippen molar-refractivity contribution in [2.75, 3.05) is 30.4 Å². The fourth-order valence-corrected chi connectivity index (χ4v) is 6.52. The monoisotopic (exact) mass is 505 g/mol. The van der Waals surface area contributed by atoms with Gasteiger partial charge in [0.25, 0.3) is 0 Å². The number of benzene rings is 2. The van der Waals surface area contributed by atoms with Crippen LogP contribution in [0.2, 0.25) is 5.02 Å². The van der Waals surface area contributed by atoms with Crippen LogP contribution < -0.4 is 15.0 Å². The number of piperidine rings is 1. The maximum atomic E-state index is 13.3. The lowest BCUT2D eigenvalue weighted by molar-refractivity contribution is -0.121. The molecule has 0 aliphatic carbocycles. The fourth-order valence-electron chi connectivity index (χ4n) is 4.74. The molecule has 34 heavy (non-hydrogen) atoms. The van der Waals surface area contributed by atoms with E-state index in [0.717, 1.165) is 11.3 Å². The number of amides is 2. The Kier molecular flexibility index (Phi) is 6.89. The SMILES string of the molecule is COc1ccc(NC(=O)C2CCN(S(=O)(=O)c3ccc4c(c3)C[C@H](C)N4C(C)=O)CC2)cc1Cl. The third kappa shape index (κ3) is 4.64. The minimum absolute atomic E-state index is 0.000273. The molecular formula is C24H28ClN3O5S. The van der Waals surface area contributed by atoms with Crippen molar-refractivity contribution < 1.29 is 22.7 Å². The van der Waals surface area contributed by atoms with E-state index in [1.165, 1.54) is 18.3 Å². The van der Waals surface area contributed by atoms with Crippen LogP contribution in [0.25, 0.3) is 0 Å². The summed E-state index contributed by atoms with van der Waals surface area (Å²) in [4.78, 5) is 26.6. The Labute approximate surface area is 204 Å². The molecule has 0 bridgehead atoms. The van der Waals surface area contributed by atoms with Crippen LogP contribution in [0.4, 0.5) is 11.4 Å². The van der Waals surface area contributed by atoms with E-state index in [-0.39, 0.29) is 41.8 Å². The number of carbonyl (C=O) groups excluding carboxylic acids is 2. The van der Waals surface area contributed by atoms with E-state index < -0.39 is 10.0 Å². The van der Waals surface area contributed by atoms with Crippen LogP contribution in [0.5, 0.6) is 5.75 Å². The first kappa shape index (κ1) is 24.5. The number of halogens is 1. The van der Waals surface area contributed by atoms with Crippen LogP contribution >= 0.6 is 11.6 Å². The predicted molar refractivity (Wildman–Crippen MR) is 131 cm³/mol. The molecule has 2 aliphatic heterocycles. The predicted octanol–water partition coefficient (Wildman–Crippen LogP) is 3.69. The van der Waals surface area contributed by atoms with E-state index in [1.54, 1.807) is 41.3 Å². The molecule has 0 unspecified atom stereocenters. The lowest BCUT2D eigenvalue weighted by Gasteiger charge is -2.30. The first-order valence-corrected chi connectivity index (χ1v) is 13.0. The molecule has 2 heterocycles. The minimum atomic E-state index is -3.69. The molecule has 0 spiro atoms. The van der Waals surface area contributed by atoms with Crippen LogP contribution in [0.1, 0.15) is 32.3 Å². The number of nitrogens with one attached hydrogen (secondary N) is 1. The Hall–Kier alpha value is -2.62. The van der Waals surface area contributed by atoms with Crippen molar-refractivity contribution in [3.8, 4) is 5.75 Å². The number of sulfonamides is 1. The number of carbonyl (C=O) groups is 2. The summed E-state index contributed by atoms with van der Waals surface area (Å²) in [5.41, 5.74) is 2.20. The maximum Gasteiger partial charge on any atom is 0.243 e. The average molecular weight is 506 g/mol. The highest BCUT2D eigenvalue weighted by molar-refractivity contribution is 7.89. The number of anilines is 2. The molecule has 10 heteroatoms. The van der Waals surface area contributed by atoms with Gasteiger partial charge >= 0.3 is 0 Å². The molecule has 1 atom stereocenters. The number of rotatable bonds is 5. The molecule has 1 N–H and O–H groups in total. The topological polar surface area (TPSA) is 96.0 Å². The largest absolute Gasteiger partial charge is 0.495 e. The lowest BCUT2D eigenvalue weighted by Crippen LogP contribution is -2.41. The molecule has 0 aromatic heterocycles. The summed E-state index contributed by atoms with van der Waals surface area (Å²) in [6, 6.07) is 9.97. The first-order valence-electron chi connectivity index (χ1n) is 11.2. The second-order valence-corrected chi connectivity index (χ2v) is 11.1. The zero-order valence-corrected chi connectivity index (χ0v) is 20.9. The van der Waals surface area contributed by atoms with Gasteiger partial charge in [-0.15, -0.1) is 0 Å². The van der Waals surface area contributed by atoms with Crippen LogP contribution in [0, 0.1) is 5.92 Å². The van der Waals surface area contributed by atoms with Crippen LogP contribution in [0.15, 0.2) is 41.3 Å². The summed E-state index contributed by atoms with van der Waals surface area (Å²) in [7, 11) is -2.17. The van der Waals surface area contributed by atoms with E-state index in [4.69, 9.17) is 16.3 Å². The molecular weight excluding hydrogens is 478 g/mol. The number of hydrogen-bond acceptors (Lipinski definition) is 5. The molecule has 1 fully saturated rings. The molecule has 2 amide bonds. The fraction of sp³-hybridized carbons (Fsp3) is 0.417. The molecule has 0 radical (unpaired) electrons. The van der Waals surface area contributed by atoms with E-state index in [9.17, 15) is 18.0 Å². The average Bonchev–Trinajstić information content (AvgIpc) is 3.14. The van der Waals surface area contributed by atoms with Crippen LogP contribution in [-0.2, 0) is 26.0 Å². The van der Waals surface area contributed by atoms with Crippen molar-refractivity contribution in [2.24, 2.45) is 5.92 Å². The van der Waals surface area contributed by atoms with E-state index in [2.05, 4.69) is 5.32 Å². The summed E-state index contributed by atoms with van der Waals surface area (Å²) in [6.45, 7) is 3.98. The molecule has 0 saturated carbocycles. The Morgan fingerprint density at radius 2 is 1.82 bits per heavy atom. The van der Waals surface area contributed by atoms with Gasteiger partial charge in [-0.3, -0.25) is 9.59 Å². The van der Waals surface area contributed by atoms with Crippen molar-refractivity contribution in [3.63, 3.8) is 0 Å². The van der Waals surface area contributed by atoms with Crippen LogP contribution in [-0.4, -0.2) is 50.8 Å². The van der Waals surface area contributed by atoms with E-state index in [0.29, 0.717) is 35.7 Å². The summed E-state index contributed by atoms with van der Waals surface area (Å²) in [6.07, 6.45) is 1.47. The third-order valence-corrected chi connectivity index (χ3v) is 8.68. The van der Waals surface area contributed by atoms with Gasteiger partial charge in [0.05, 0.1) is 17.0 Å². The van der Waals surface area contributed by atoms with Gasteiger partial charge in [-0.1, -0.05) is 11.6 Å². The molecule has 4 rings (SSSR count). The summed E-state index contributed by atoms with van der Waals surface area (Å²) < 4.78 is 33.1. The standard InChI is InChI=1S/C24H28ClN3O5S/c1-15-12-18-13-20(5-6-22(18)28(15)16(2)29)34(31,32)27-10-8-17(9-11-27)24(30)26-19-4-7-23(33-3)21(25)14-19/h4-7,13-15,17H,8-12H2,1-3H3,(H,26,30)/t15-/m0/s1. The Morgan fingerprint density at radius 1 is 1.12 bits per heavy atom. The van der Waals surface area contributed by atoms with Gasteiger partial charge < -0.3 is 15.0 Å². The Balaban J connectivity index is 1.41. The van der Waals surface area contributed by atoms with Crippen molar-refractivity contribution in [3.05, 3.63) is 47.0 Å². The van der Waals surface area contributed by atoms with Gasteiger partial charge in [0.15, 0.2) is 0 Å². The zero-order chi connectivity index (χ0) is 24.6. The highest BCUT2D eigenvalue weighted by Crippen LogP contribution is 2.35. The van der Waals surface area contributed by atoms with Gasteiger partial charge in [-0.2, -0.15) is 4.31 Å². The Morgan fingerprint density at radius 3 is 2.44 bits per heavy atom. The van der Waals surface area contributed by atoms with Gasteiger partial charge in [0.2, 0.25) is 21.8 Å². The van der Waals surface area contributed by atoms with Crippen molar-refractivity contribution in [2.45, 2.75) is 44.0 Å². The van der Waals surface area contributed by atoms with Gasteiger partial charge in [0.1, 0.15) is 5.75 Å². The number of nitrogens with zero attached hydrogens (tertiary/aromatic N) is 2. The highest BCUT2D eigenvalue weighted by Gasteiger charge is 2.34. The van der Waals surface area contributed by atoms with Gasteiger partial charge in [-0.05, 0) is 68.1 Å². The molecule has 8 nitrogen and oxygen atoms in total. The summed E-state index contributed by atoms with van der Waals surface area (Å²) >= 11 is 6.12.